The molecule has 0 aromatic rings. The van der Waals surface area contributed by atoms with Gasteiger partial charge in [-0.15, -0.1) is 0 Å². The second-order valence-corrected chi connectivity index (χ2v) is 5.02. The van der Waals surface area contributed by atoms with Crippen molar-refractivity contribution in [2.45, 2.75) is 16.5 Å². The van der Waals surface area contributed by atoms with Crippen LogP contribution in [0.4, 0.5) is 0 Å². The first-order valence-electron chi connectivity index (χ1n) is 3.94. The van der Waals surface area contributed by atoms with E-state index in [9.17, 15) is 0 Å². The van der Waals surface area contributed by atoms with Crippen molar-refractivity contribution in [3.05, 3.63) is 24.3 Å². The number of hydrogen-bond acceptors (Lipinski definition) is 0. The van der Waals surface area contributed by atoms with Gasteiger partial charge in [0.15, 0.2) is 0 Å². The van der Waals surface area contributed by atoms with Crippen LogP contribution in [0, 0.1) is 11.8 Å². The van der Waals surface area contributed by atoms with Gasteiger partial charge in [-0.05, 0) is 0 Å². The molecule has 0 aromatic heterocycles. The number of hydrogen-bond donors (Lipinski definition) is 0. The van der Waals surface area contributed by atoms with Gasteiger partial charge < -0.3 is 0 Å². The van der Waals surface area contributed by atoms with E-state index in [0.29, 0.717) is 0 Å². The van der Waals surface area contributed by atoms with E-state index in [1.807, 2.05) is 0 Å². The van der Waals surface area contributed by atoms with Crippen molar-refractivity contribution < 1.29 is 24.7 Å². The molecule has 0 aromatic carbocycles. The maximum atomic E-state index is 2.40. The first-order chi connectivity index (χ1) is 4.88. The Balaban J connectivity index is 2.19. The molecule has 0 heterocycles. The zero-order chi connectivity index (χ0) is 6.97. The molecule has 0 saturated heterocycles. The van der Waals surface area contributed by atoms with Crippen molar-refractivity contribution in [2.75, 3.05) is 0 Å². The zero-order valence-electron chi connectivity index (χ0n) is 5.96. The van der Waals surface area contributed by atoms with Crippen LogP contribution < -0.4 is 0 Å². The third kappa shape index (κ3) is 1.09. The summed E-state index contributed by atoms with van der Waals surface area (Å²) < 4.78 is 1.01. The molecule has 2 aliphatic rings. The van der Waals surface area contributed by atoms with E-state index < -0.39 is 0 Å². The van der Waals surface area contributed by atoms with Crippen LogP contribution in [0.3, 0.4) is 0 Å². The van der Waals surface area contributed by atoms with E-state index in [4.69, 9.17) is 0 Å². The van der Waals surface area contributed by atoms with E-state index in [0.717, 1.165) is 15.5 Å². The second kappa shape index (κ2) is 2.77. The summed E-state index contributed by atoms with van der Waals surface area (Å²) in [5, 5.41) is 0. The van der Waals surface area contributed by atoms with Crippen LogP contribution in [0.25, 0.3) is 0 Å². The SMILES string of the molecule is [Zr][CH]1CCC2C=CC=CC12. The molecule has 51 valence electrons. The summed E-state index contributed by atoms with van der Waals surface area (Å²) in [5.74, 6) is 1.80. The summed E-state index contributed by atoms with van der Waals surface area (Å²) in [7, 11) is 0. The molecule has 2 rings (SSSR count). The topological polar surface area (TPSA) is 0 Å². The summed E-state index contributed by atoms with van der Waals surface area (Å²) in [6.45, 7) is 0. The average molecular weight is 210 g/mol. The fourth-order valence-electron chi connectivity index (χ4n) is 1.96. The standard InChI is InChI=1S/C9H11.Zr/c1-2-5-9-7-3-6-8(9)4-1;/h1-2,4-6,8-9H,3,7H2;. The van der Waals surface area contributed by atoms with Crippen LogP contribution in [0.15, 0.2) is 24.3 Å². The Kier molecular flexibility index (Phi) is 1.95. The van der Waals surface area contributed by atoms with Gasteiger partial charge in [0.05, 0.1) is 0 Å². The Morgan fingerprint density at radius 1 is 1.10 bits per heavy atom. The molecule has 0 amide bonds. The molecular weight excluding hydrogens is 199 g/mol. The van der Waals surface area contributed by atoms with Gasteiger partial charge in [0.1, 0.15) is 0 Å². The molecule has 0 aliphatic heterocycles. The molecule has 1 heteroatoms. The van der Waals surface area contributed by atoms with Gasteiger partial charge >= 0.3 is 77.3 Å². The summed E-state index contributed by atoms with van der Waals surface area (Å²) in [4.78, 5) is 0. The molecule has 3 unspecified atom stereocenters. The maximum absolute atomic E-state index is 2.40. The van der Waals surface area contributed by atoms with Crippen LogP contribution in [0.2, 0.25) is 3.63 Å². The Morgan fingerprint density at radius 3 is 2.70 bits per heavy atom. The van der Waals surface area contributed by atoms with Crippen molar-refractivity contribution >= 4 is 0 Å². The first-order valence-corrected chi connectivity index (χ1v) is 5.36. The van der Waals surface area contributed by atoms with Gasteiger partial charge in [-0.25, -0.2) is 0 Å². The Bertz CT molecular complexity index is 181. The fraction of sp³-hybridized carbons (Fsp3) is 0.556. The predicted molar refractivity (Wildman–Crippen MR) is 38.2 cm³/mol. The van der Waals surface area contributed by atoms with E-state index in [1.54, 1.807) is 24.7 Å². The van der Waals surface area contributed by atoms with Crippen molar-refractivity contribution in [1.82, 2.24) is 0 Å². The van der Waals surface area contributed by atoms with Crippen molar-refractivity contribution in [1.29, 1.82) is 0 Å². The summed E-state index contributed by atoms with van der Waals surface area (Å²) in [6.07, 6.45) is 12.1. The molecule has 0 N–H and O–H groups in total. The van der Waals surface area contributed by atoms with Crippen LogP contribution >= 0.6 is 0 Å². The molecule has 0 bridgehead atoms. The normalized spacial score (nSPS) is 43.7. The molecule has 2 aliphatic carbocycles. The van der Waals surface area contributed by atoms with Crippen molar-refractivity contribution in [3.8, 4) is 0 Å². The average Bonchev–Trinajstić information content (AvgIpc) is 2.34. The molecule has 0 spiro atoms. The molecule has 10 heavy (non-hydrogen) atoms. The van der Waals surface area contributed by atoms with Gasteiger partial charge in [-0.3, -0.25) is 0 Å². The van der Waals surface area contributed by atoms with Gasteiger partial charge in [-0.1, -0.05) is 0 Å². The zero-order valence-corrected chi connectivity index (χ0v) is 8.41. The van der Waals surface area contributed by atoms with Crippen LogP contribution in [-0.4, -0.2) is 0 Å². The van der Waals surface area contributed by atoms with E-state index in [-0.39, 0.29) is 0 Å². The van der Waals surface area contributed by atoms with E-state index in [2.05, 4.69) is 24.3 Å². The molecule has 1 saturated carbocycles. The van der Waals surface area contributed by atoms with Crippen molar-refractivity contribution in [2.24, 2.45) is 11.8 Å². The minimum absolute atomic E-state index is 0.897. The quantitative estimate of drug-likeness (QED) is 0.576. The van der Waals surface area contributed by atoms with Gasteiger partial charge in [0.2, 0.25) is 0 Å². The Morgan fingerprint density at radius 2 is 1.90 bits per heavy atom. The summed E-state index contributed by atoms with van der Waals surface area (Å²) in [6, 6.07) is 0. The van der Waals surface area contributed by atoms with Gasteiger partial charge in [0, 0.05) is 0 Å². The third-order valence-electron chi connectivity index (χ3n) is 2.57. The third-order valence-corrected chi connectivity index (χ3v) is 4.23. The Hall–Kier alpha value is 0.363. The second-order valence-electron chi connectivity index (χ2n) is 3.19. The fourth-order valence-corrected chi connectivity index (χ4v) is 3.25. The van der Waals surface area contributed by atoms with E-state index in [1.165, 1.54) is 12.8 Å². The molecular formula is C9H11Zr. The van der Waals surface area contributed by atoms with Crippen LogP contribution in [0.5, 0.6) is 0 Å². The minimum atomic E-state index is 0.897. The van der Waals surface area contributed by atoms with Crippen LogP contribution in [-0.2, 0) is 24.7 Å². The van der Waals surface area contributed by atoms with Gasteiger partial charge in [-0.2, -0.15) is 0 Å². The number of fused-ring (bicyclic) bond motifs is 1. The van der Waals surface area contributed by atoms with Gasteiger partial charge in [0.25, 0.3) is 0 Å². The Labute approximate surface area is 77.2 Å². The molecule has 0 radical (unpaired) electrons. The first kappa shape index (κ1) is 7.04. The molecule has 1 fully saturated rings. The number of rotatable bonds is 0. The monoisotopic (exact) mass is 209 g/mol. The van der Waals surface area contributed by atoms with Crippen LogP contribution in [0.1, 0.15) is 12.8 Å². The molecule has 0 nitrogen and oxygen atoms in total. The predicted octanol–water partition coefficient (Wildman–Crippen LogP) is 2.47. The number of allylic oxidation sites excluding steroid dienone is 4. The molecule has 3 atom stereocenters. The summed E-state index contributed by atoms with van der Waals surface area (Å²) in [5.41, 5.74) is 0. The van der Waals surface area contributed by atoms with Crippen molar-refractivity contribution in [3.63, 3.8) is 0 Å². The van der Waals surface area contributed by atoms with E-state index >= 15 is 0 Å². The summed E-state index contributed by atoms with van der Waals surface area (Å²) >= 11 is 1.73.